The number of nitrogens with zero attached hydrogens (tertiary/aromatic N) is 2. The second-order valence-electron chi connectivity index (χ2n) is 4.26. The quantitative estimate of drug-likeness (QED) is 0.693. The monoisotopic (exact) mass is 266 g/mol. The smallest absolute Gasteiger partial charge is 0.424 e. The highest BCUT2D eigenvalue weighted by molar-refractivity contribution is 6.55. The summed E-state index contributed by atoms with van der Waals surface area (Å²) in [5.41, 5.74) is 2.93. The van der Waals surface area contributed by atoms with Crippen molar-refractivity contribution in [1.82, 2.24) is 10.2 Å². The maximum atomic E-state index is 8.94. The van der Waals surface area contributed by atoms with Crippen LogP contribution in [0, 0.1) is 0 Å². The Morgan fingerprint density at radius 1 is 0.750 bits per heavy atom. The van der Waals surface area contributed by atoms with Gasteiger partial charge in [-0.05, 0) is 23.3 Å². The van der Waals surface area contributed by atoms with Gasteiger partial charge in [-0.25, -0.2) is 0 Å². The molecule has 2 N–H and O–H groups in total. The summed E-state index contributed by atoms with van der Waals surface area (Å²) >= 11 is 0. The zero-order valence-electron chi connectivity index (χ0n) is 10.5. The van der Waals surface area contributed by atoms with Crippen LogP contribution in [0.2, 0.25) is 0 Å². The van der Waals surface area contributed by atoms with Crippen molar-refractivity contribution >= 4 is 12.9 Å². The summed E-state index contributed by atoms with van der Waals surface area (Å²) in [6.45, 7) is 0. The molecule has 0 atom stereocenters. The minimum absolute atomic E-state index is 0.216. The molecule has 0 fully saturated rings. The Hall–Kier alpha value is -2.44. The highest BCUT2D eigenvalue weighted by Gasteiger charge is 2.20. The van der Waals surface area contributed by atoms with Crippen molar-refractivity contribution in [3.8, 4) is 22.6 Å². The van der Waals surface area contributed by atoms with Crippen LogP contribution in [0.1, 0.15) is 0 Å². The normalized spacial score (nSPS) is 10.5. The van der Waals surface area contributed by atoms with E-state index in [0.29, 0.717) is 0 Å². The molecule has 0 saturated carbocycles. The Morgan fingerprint density at radius 2 is 1.35 bits per heavy atom. The number of hydrogen-bond donors (Lipinski definition) is 2. The molecule has 1 heterocycles. The zero-order valence-corrected chi connectivity index (χ0v) is 10.5. The maximum Gasteiger partial charge on any atom is 0.551 e. The molecule has 20 heavy (non-hydrogen) atoms. The van der Waals surface area contributed by atoms with E-state index < -0.39 is 7.12 Å². The number of aromatic nitrogens is 2. The summed E-state index contributed by atoms with van der Waals surface area (Å²) in [7, 11) is -1.75. The minimum Gasteiger partial charge on any atom is -0.424 e. The molecule has 3 aromatic rings. The highest BCUT2D eigenvalue weighted by Crippen LogP contribution is 2.23. The van der Waals surface area contributed by atoms with E-state index >= 15 is 0 Å². The fourth-order valence-corrected chi connectivity index (χ4v) is 1.89. The largest absolute Gasteiger partial charge is 0.551 e. The average Bonchev–Trinajstić information content (AvgIpc) is 2.98. The molecule has 6 heteroatoms. The molecule has 5 nitrogen and oxygen atoms in total. The van der Waals surface area contributed by atoms with Crippen molar-refractivity contribution in [3.05, 3.63) is 54.6 Å². The lowest BCUT2D eigenvalue weighted by Crippen LogP contribution is -2.30. The van der Waals surface area contributed by atoms with E-state index in [1.165, 1.54) is 0 Å². The molecule has 0 aliphatic carbocycles. The first-order chi connectivity index (χ1) is 9.74. The van der Waals surface area contributed by atoms with Crippen LogP contribution in [0.15, 0.2) is 59.0 Å². The third-order valence-corrected chi connectivity index (χ3v) is 2.90. The van der Waals surface area contributed by atoms with Gasteiger partial charge in [0, 0.05) is 5.56 Å². The maximum absolute atomic E-state index is 8.94. The molecule has 0 saturated heterocycles. The molecule has 1 aromatic heterocycles. The third-order valence-electron chi connectivity index (χ3n) is 2.90. The van der Waals surface area contributed by atoms with E-state index in [2.05, 4.69) is 10.2 Å². The minimum atomic E-state index is -1.75. The van der Waals surface area contributed by atoms with Crippen molar-refractivity contribution < 1.29 is 14.5 Å². The Balaban J connectivity index is 1.89. The van der Waals surface area contributed by atoms with Gasteiger partial charge in [-0.3, -0.25) is 0 Å². The second-order valence-corrected chi connectivity index (χ2v) is 4.26. The van der Waals surface area contributed by atoms with E-state index in [1.54, 1.807) is 0 Å². The summed E-state index contributed by atoms with van der Waals surface area (Å²) in [4.78, 5) is 0. The van der Waals surface area contributed by atoms with Crippen molar-refractivity contribution in [2.24, 2.45) is 0 Å². The molecule has 0 amide bonds. The molecule has 0 aliphatic heterocycles. The van der Waals surface area contributed by atoms with Crippen LogP contribution in [-0.2, 0) is 0 Å². The summed E-state index contributed by atoms with van der Waals surface area (Å²) in [5.74, 6) is 0.0415. The Bertz CT molecular complexity index is 696. The Labute approximate surface area is 115 Å². The van der Waals surface area contributed by atoms with Crippen LogP contribution >= 0.6 is 0 Å². The molecular formula is C14H11BN2O3. The molecule has 2 aromatic carbocycles. The fourth-order valence-electron chi connectivity index (χ4n) is 1.89. The van der Waals surface area contributed by atoms with E-state index in [4.69, 9.17) is 14.5 Å². The van der Waals surface area contributed by atoms with Gasteiger partial charge in [-0.1, -0.05) is 42.5 Å². The summed E-state index contributed by atoms with van der Waals surface area (Å²) < 4.78 is 5.15. The van der Waals surface area contributed by atoms with Gasteiger partial charge in [-0.15, -0.1) is 10.2 Å². The standard InChI is InChI=1S/C14H11BN2O3/c18-15(19)14-17-16-13(20-14)12-8-6-11(7-9-12)10-4-2-1-3-5-10/h1-9,18-19H. The van der Waals surface area contributed by atoms with Gasteiger partial charge in [0.15, 0.2) is 0 Å². The van der Waals surface area contributed by atoms with E-state index in [0.717, 1.165) is 16.7 Å². The fraction of sp³-hybridized carbons (Fsp3) is 0. The van der Waals surface area contributed by atoms with E-state index in [1.807, 2.05) is 54.6 Å². The number of hydrogen-bond acceptors (Lipinski definition) is 5. The van der Waals surface area contributed by atoms with Gasteiger partial charge in [0.05, 0.1) is 0 Å². The van der Waals surface area contributed by atoms with E-state index in [9.17, 15) is 0 Å². The SMILES string of the molecule is OB(O)c1nnc(-c2ccc(-c3ccccc3)cc2)o1. The van der Waals surface area contributed by atoms with Crippen molar-refractivity contribution in [2.45, 2.75) is 0 Å². The van der Waals surface area contributed by atoms with Crippen LogP contribution in [0.25, 0.3) is 22.6 Å². The molecule has 0 spiro atoms. The topological polar surface area (TPSA) is 79.4 Å². The molecule has 0 radical (unpaired) electrons. The molecule has 3 rings (SSSR count). The van der Waals surface area contributed by atoms with Gasteiger partial charge < -0.3 is 14.5 Å². The first kappa shape index (κ1) is 12.6. The van der Waals surface area contributed by atoms with Crippen LogP contribution in [-0.4, -0.2) is 27.4 Å². The zero-order chi connectivity index (χ0) is 13.9. The average molecular weight is 266 g/mol. The predicted octanol–water partition coefficient (Wildman–Crippen LogP) is 1.08. The summed E-state index contributed by atoms with van der Waals surface area (Å²) in [5, 5.41) is 25.2. The van der Waals surface area contributed by atoms with Gasteiger partial charge in [0.25, 0.3) is 0 Å². The van der Waals surface area contributed by atoms with Crippen LogP contribution in [0.5, 0.6) is 0 Å². The molecular weight excluding hydrogens is 255 g/mol. The third kappa shape index (κ3) is 2.47. The molecule has 98 valence electrons. The van der Waals surface area contributed by atoms with Crippen LogP contribution in [0.4, 0.5) is 0 Å². The van der Waals surface area contributed by atoms with Crippen molar-refractivity contribution in [1.29, 1.82) is 0 Å². The molecule has 0 aliphatic rings. The van der Waals surface area contributed by atoms with Gasteiger partial charge >= 0.3 is 7.12 Å². The predicted molar refractivity (Wildman–Crippen MR) is 75.0 cm³/mol. The van der Waals surface area contributed by atoms with Gasteiger partial charge in [0.2, 0.25) is 11.7 Å². The second kappa shape index (κ2) is 5.28. The highest BCUT2D eigenvalue weighted by atomic mass is 16.4. The summed E-state index contributed by atoms with van der Waals surface area (Å²) in [6, 6.07) is 17.6. The van der Waals surface area contributed by atoms with Gasteiger partial charge in [0.1, 0.15) is 0 Å². The lowest BCUT2D eigenvalue weighted by atomic mass is 9.93. The Kier molecular flexibility index (Phi) is 3.33. The number of rotatable bonds is 3. The van der Waals surface area contributed by atoms with E-state index in [-0.39, 0.29) is 11.7 Å². The molecule has 0 bridgehead atoms. The molecule has 0 unspecified atom stereocenters. The number of benzene rings is 2. The first-order valence-electron chi connectivity index (χ1n) is 6.09. The lowest BCUT2D eigenvalue weighted by Gasteiger charge is -2.01. The van der Waals surface area contributed by atoms with Crippen molar-refractivity contribution in [2.75, 3.05) is 0 Å². The Morgan fingerprint density at radius 3 is 1.95 bits per heavy atom. The van der Waals surface area contributed by atoms with Crippen LogP contribution < -0.4 is 5.79 Å². The van der Waals surface area contributed by atoms with Crippen LogP contribution in [0.3, 0.4) is 0 Å². The van der Waals surface area contributed by atoms with Gasteiger partial charge in [-0.2, -0.15) is 0 Å². The van der Waals surface area contributed by atoms with Crippen molar-refractivity contribution in [3.63, 3.8) is 0 Å². The lowest BCUT2D eigenvalue weighted by molar-refractivity contribution is 0.408. The first-order valence-corrected chi connectivity index (χ1v) is 6.09. The summed E-state index contributed by atoms with van der Waals surface area (Å²) in [6.07, 6.45) is 0.